The Morgan fingerprint density at radius 1 is 1.28 bits per heavy atom. The summed E-state index contributed by atoms with van der Waals surface area (Å²) < 4.78 is 6.14. The maximum Gasteiger partial charge on any atom is 0.287 e. The number of amides is 1. The van der Waals surface area contributed by atoms with Crippen molar-refractivity contribution < 1.29 is 9.21 Å². The molecule has 0 aliphatic rings. The molecule has 3 aromatic rings. The van der Waals surface area contributed by atoms with Crippen LogP contribution >= 0.6 is 11.3 Å². The van der Waals surface area contributed by atoms with Gasteiger partial charge >= 0.3 is 0 Å². The highest BCUT2D eigenvalue weighted by atomic mass is 32.1. The summed E-state index contributed by atoms with van der Waals surface area (Å²) in [4.78, 5) is 16.1. The lowest BCUT2D eigenvalue weighted by Crippen LogP contribution is -2.22. The molecular formula is C13H10N2O2S. The summed E-state index contributed by atoms with van der Waals surface area (Å²) >= 11 is 1.58. The van der Waals surface area contributed by atoms with Gasteiger partial charge in [-0.2, -0.15) is 0 Å². The average molecular weight is 258 g/mol. The molecule has 2 aromatic heterocycles. The SMILES string of the molecule is O=C(NCc1nc2ccccc2s1)c1ccco1. The minimum absolute atomic E-state index is 0.223. The summed E-state index contributed by atoms with van der Waals surface area (Å²) in [5.41, 5.74) is 0.963. The number of furan rings is 1. The van der Waals surface area contributed by atoms with Crippen molar-refractivity contribution in [1.29, 1.82) is 0 Å². The molecule has 0 saturated carbocycles. The van der Waals surface area contributed by atoms with Gasteiger partial charge in [-0.25, -0.2) is 4.98 Å². The molecule has 0 aliphatic carbocycles. The lowest BCUT2D eigenvalue weighted by atomic mass is 10.3. The van der Waals surface area contributed by atoms with Crippen LogP contribution in [0.1, 0.15) is 15.6 Å². The van der Waals surface area contributed by atoms with E-state index in [1.165, 1.54) is 6.26 Å². The van der Waals surface area contributed by atoms with Crippen LogP contribution < -0.4 is 5.32 Å². The summed E-state index contributed by atoms with van der Waals surface area (Å²) in [5, 5.41) is 3.66. The summed E-state index contributed by atoms with van der Waals surface area (Å²) in [5.74, 6) is 0.0929. The molecule has 1 N–H and O–H groups in total. The van der Waals surface area contributed by atoms with Crippen molar-refractivity contribution in [2.45, 2.75) is 6.54 Å². The summed E-state index contributed by atoms with van der Waals surface area (Å²) in [6, 6.07) is 11.2. The van der Waals surface area contributed by atoms with Gasteiger partial charge in [-0.15, -0.1) is 11.3 Å². The Morgan fingerprint density at radius 2 is 2.17 bits per heavy atom. The van der Waals surface area contributed by atoms with Crippen LogP contribution in [0, 0.1) is 0 Å². The van der Waals surface area contributed by atoms with E-state index >= 15 is 0 Å². The molecule has 4 nitrogen and oxygen atoms in total. The highest BCUT2D eigenvalue weighted by Crippen LogP contribution is 2.21. The fraction of sp³-hybridized carbons (Fsp3) is 0.0769. The van der Waals surface area contributed by atoms with Crippen LogP contribution in [0.15, 0.2) is 47.1 Å². The molecule has 1 aromatic carbocycles. The lowest BCUT2D eigenvalue weighted by Gasteiger charge is -1.98. The van der Waals surface area contributed by atoms with Gasteiger partial charge in [0.05, 0.1) is 23.0 Å². The standard InChI is InChI=1S/C13H10N2O2S/c16-13(10-5-3-7-17-10)14-8-12-15-9-4-1-2-6-11(9)18-12/h1-7H,8H2,(H,14,16). The number of para-hydroxylation sites is 1. The van der Waals surface area contributed by atoms with E-state index in [0.29, 0.717) is 12.3 Å². The monoisotopic (exact) mass is 258 g/mol. The maximum atomic E-state index is 11.7. The van der Waals surface area contributed by atoms with E-state index in [0.717, 1.165) is 15.2 Å². The molecule has 0 atom stereocenters. The van der Waals surface area contributed by atoms with Crippen molar-refractivity contribution in [1.82, 2.24) is 10.3 Å². The van der Waals surface area contributed by atoms with Crippen molar-refractivity contribution in [2.75, 3.05) is 0 Å². The van der Waals surface area contributed by atoms with Gasteiger partial charge < -0.3 is 9.73 Å². The largest absolute Gasteiger partial charge is 0.459 e. The number of benzene rings is 1. The second kappa shape index (κ2) is 4.62. The zero-order valence-electron chi connectivity index (χ0n) is 9.42. The third kappa shape index (κ3) is 2.12. The third-order valence-electron chi connectivity index (χ3n) is 2.48. The normalized spacial score (nSPS) is 10.7. The first kappa shape index (κ1) is 11.0. The van der Waals surface area contributed by atoms with E-state index in [-0.39, 0.29) is 5.91 Å². The highest BCUT2D eigenvalue weighted by Gasteiger charge is 2.09. The Kier molecular flexibility index (Phi) is 2.82. The minimum Gasteiger partial charge on any atom is -0.459 e. The number of aromatic nitrogens is 1. The zero-order valence-corrected chi connectivity index (χ0v) is 10.2. The minimum atomic E-state index is -0.223. The molecule has 0 fully saturated rings. The van der Waals surface area contributed by atoms with E-state index in [9.17, 15) is 4.79 Å². The zero-order chi connectivity index (χ0) is 12.4. The number of rotatable bonds is 3. The fourth-order valence-electron chi connectivity index (χ4n) is 1.65. The number of carbonyl (C=O) groups excluding carboxylic acids is 1. The van der Waals surface area contributed by atoms with Gasteiger partial charge in [-0.3, -0.25) is 4.79 Å². The summed E-state index contributed by atoms with van der Waals surface area (Å²) in [6.07, 6.45) is 1.48. The number of fused-ring (bicyclic) bond motifs is 1. The predicted octanol–water partition coefficient (Wildman–Crippen LogP) is 2.82. The van der Waals surface area contributed by atoms with Gasteiger partial charge in [0.2, 0.25) is 0 Å². The predicted molar refractivity (Wildman–Crippen MR) is 69.5 cm³/mol. The van der Waals surface area contributed by atoms with Gasteiger partial charge in [0, 0.05) is 0 Å². The van der Waals surface area contributed by atoms with Crippen LogP contribution in [0.2, 0.25) is 0 Å². The Morgan fingerprint density at radius 3 is 2.94 bits per heavy atom. The Labute approximate surface area is 107 Å². The Bertz CT molecular complexity index is 640. The molecule has 0 aliphatic heterocycles. The van der Waals surface area contributed by atoms with Crippen molar-refractivity contribution in [2.24, 2.45) is 0 Å². The van der Waals surface area contributed by atoms with Gasteiger partial charge in [-0.05, 0) is 24.3 Å². The number of hydrogen-bond acceptors (Lipinski definition) is 4. The number of carbonyl (C=O) groups is 1. The smallest absolute Gasteiger partial charge is 0.287 e. The molecule has 2 heterocycles. The molecule has 3 rings (SSSR count). The van der Waals surface area contributed by atoms with Crippen LogP contribution in [-0.4, -0.2) is 10.9 Å². The first-order chi connectivity index (χ1) is 8.83. The molecule has 0 bridgehead atoms. The van der Waals surface area contributed by atoms with Gasteiger partial charge in [0.1, 0.15) is 5.01 Å². The first-order valence-corrected chi connectivity index (χ1v) is 6.31. The highest BCUT2D eigenvalue weighted by molar-refractivity contribution is 7.18. The van der Waals surface area contributed by atoms with E-state index in [4.69, 9.17) is 4.42 Å². The summed E-state index contributed by atoms with van der Waals surface area (Å²) in [6.45, 7) is 0.416. The first-order valence-electron chi connectivity index (χ1n) is 5.49. The van der Waals surface area contributed by atoms with Crippen LogP contribution in [-0.2, 0) is 6.54 Å². The molecule has 0 radical (unpaired) electrons. The molecule has 0 saturated heterocycles. The van der Waals surface area contributed by atoms with E-state index in [2.05, 4.69) is 10.3 Å². The quantitative estimate of drug-likeness (QED) is 0.786. The van der Waals surface area contributed by atoms with E-state index in [1.807, 2.05) is 24.3 Å². The molecule has 0 spiro atoms. The fourth-order valence-corrected chi connectivity index (χ4v) is 2.55. The second-order valence-corrected chi connectivity index (χ2v) is 4.85. The van der Waals surface area contributed by atoms with Crippen LogP contribution in [0.3, 0.4) is 0 Å². The van der Waals surface area contributed by atoms with E-state index < -0.39 is 0 Å². The van der Waals surface area contributed by atoms with Gasteiger partial charge in [0.25, 0.3) is 5.91 Å². The van der Waals surface area contributed by atoms with Crippen molar-refractivity contribution in [3.05, 3.63) is 53.4 Å². The van der Waals surface area contributed by atoms with Crippen molar-refractivity contribution >= 4 is 27.5 Å². The maximum absolute atomic E-state index is 11.7. The lowest BCUT2D eigenvalue weighted by molar-refractivity contribution is 0.0923. The van der Waals surface area contributed by atoms with Crippen LogP contribution in [0.5, 0.6) is 0 Å². The van der Waals surface area contributed by atoms with Gasteiger partial charge in [-0.1, -0.05) is 12.1 Å². The topological polar surface area (TPSA) is 55.1 Å². The molecule has 90 valence electrons. The van der Waals surface area contributed by atoms with E-state index in [1.54, 1.807) is 23.5 Å². The summed E-state index contributed by atoms with van der Waals surface area (Å²) in [7, 11) is 0. The number of thiazole rings is 1. The Balaban J connectivity index is 1.71. The molecule has 1 amide bonds. The second-order valence-electron chi connectivity index (χ2n) is 3.74. The van der Waals surface area contributed by atoms with Crippen molar-refractivity contribution in [3.8, 4) is 0 Å². The van der Waals surface area contributed by atoms with Gasteiger partial charge in [0.15, 0.2) is 5.76 Å². The molecule has 18 heavy (non-hydrogen) atoms. The average Bonchev–Trinajstić information content (AvgIpc) is 3.04. The Hall–Kier alpha value is -2.14. The number of hydrogen-bond donors (Lipinski definition) is 1. The van der Waals surface area contributed by atoms with Crippen LogP contribution in [0.25, 0.3) is 10.2 Å². The molecular weight excluding hydrogens is 248 g/mol. The van der Waals surface area contributed by atoms with Crippen LogP contribution in [0.4, 0.5) is 0 Å². The molecule has 5 heteroatoms. The third-order valence-corrected chi connectivity index (χ3v) is 3.52. The van der Waals surface area contributed by atoms with Crippen molar-refractivity contribution in [3.63, 3.8) is 0 Å². The molecule has 0 unspecified atom stereocenters. The number of nitrogens with zero attached hydrogens (tertiary/aromatic N) is 1. The number of nitrogens with one attached hydrogen (secondary N) is 1.